The molecule has 0 spiro atoms. The Hall–Kier alpha value is -2.54. The summed E-state index contributed by atoms with van der Waals surface area (Å²) in [6.07, 6.45) is 3.56. The van der Waals surface area contributed by atoms with E-state index < -0.39 is 0 Å². The Morgan fingerprint density at radius 3 is 2.85 bits per heavy atom. The predicted molar refractivity (Wildman–Crippen MR) is 101 cm³/mol. The van der Waals surface area contributed by atoms with Crippen LogP contribution in [0.2, 0.25) is 0 Å². The van der Waals surface area contributed by atoms with Crippen LogP contribution in [-0.4, -0.2) is 26.5 Å². The Labute approximate surface area is 156 Å². The van der Waals surface area contributed by atoms with Crippen molar-refractivity contribution in [1.29, 1.82) is 0 Å². The molecule has 0 bridgehead atoms. The minimum absolute atomic E-state index is 0.431. The molecule has 0 radical (unpaired) electrons. The molecule has 0 aliphatic heterocycles. The van der Waals surface area contributed by atoms with E-state index in [4.69, 9.17) is 10.5 Å². The first-order chi connectivity index (χ1) is 12.6. The molecule has 3 heterocycles. The number of anilines is 1. The summed E-state index contributed by atoms with van der Waals surface area (Å²) in [5, 5.41) is 1.05. The van der Waals surface area contributed by atoms with Gasteiger partial charge in [0.15, 0.2) is 0 Å². The number of nitrogens with zero attached hydrogens (tertiary/aromatic N) is 4. The van der Waals surface area contributed by atoms with E-state index in [0.29, 0.717) is 42.4 Å². The molecule has 6 nitrogen and oxygen atoms in total. The number of ether oxygens (including phenoxy) is 1. The molecule has 1 saturated carbocycles. The third kappa shape index (κ3) is 3.83. The fraction of sp³-hybridized carbons (Fsp3) is 0.368. The number of hydrogen-bond donors (Lipinski definition) is 1. The number of pyridine rings is 1. The molecule has 0 amide bonds. The molecular formula is C19H21N5OS. The Kier molecular flexibility index (Phi) is 4.55. The molecule has 3 aromatic heterocycles. The summed E-state index contributed by atoms with van der Waals surface area (Å²) >= 11 is 1.67. The fourth-order valence-corrected chi connectivity index (χ4v) is 4.04. The smallest absolute Gasteiger partial charge is 0.218 e. The summed E-state index contributed by atoms with van der Waals surface area (Å²) in [5.74, 6) is 2.61. The van der Waals surface area contributed by atoms with Gasteiger partial charge in [-0.2, -0.15) is 4.98 Å². The van der Waals surface area contributed by atoms with Gasteiger partial charge in [-0.3, -0.25) is 4.98 Å². The summed E-state index contributed by atoms with van der Waals surface area (Å²) in [5.41, 5.74) is 8.11. The molecule has 0 aromatic carbocycles. The van der Waals surface area contributed by atoms with Crippen molar-refractivity contribution in [3.05, 3.63) is 57.6 Å². The molecule has 1 aliphatic rings. The van der Waals surface area contributed by atoms with Crippen molar-refractivity contribution in [2.24, 2.45) is 5.92 Å². The van der Waals surface area contributed by atoms with Crippen molar-refractivity contribution in [3.63, 3.8) is 0 Å². The van der Waals surface area contributed by atoms with E-state index >= 15 is 0 Å². The topological polar surface area (TPSA) is 86.8 Å². The van der Waals surface area contributed by atoms with Crippen LogP contribution in [-0.2, 0) is 6.42 Å². The minimum atomic E-state index is 0.431. The second-order valence-electron chi connectivity index (χ2n) is 6.63. The normalized spacial score (nSPS) is 18.7. The maximum Gasteiger partial charge on any atom is 0.218 e. The van der Waals surface area contributed by atoms with Crippen LogP contribution in [0.15, 0.2) is 30.5 Å². The van der Waals surface area contributed by atoms with Crippen molar-refractivity contribution >= 4 is 17.2 Å². The zero-order chi connectivity index (χ0) is 18.1. The van der Waals surface area contributed by atoms with E-state index in [0.717, 1.165) is 27.7 Å². The molecule has 26 heavy (non-hydrogen) atoms. The summed E-state index contributed by atoms with van der Waals surface area (Å²) in [6, 6.07) is 7.73. The SMILES string of the molecule is Cc1nc(C)c(Cc2nc(N)cc(OCC3CC3c3ccccn3)n2)s1. The van der Waals surface area contributed by atoms with Gasteiger partial charge in [0.05, 0.1) is 17.3 Å². The van der Waals surface area contributed by atoms with E-state index in [-0.39, 0.29) is 0 Å². The molecule has 1 aliphatic carbocycles. The number of aryl methyl sites for hydroxylation is 2. The van der Waals surface area contributed by atoms with Gasteiger partial charge in [-0.05, 0) is 32.4 Å². The monoisotopic (exact) mass is 367 g/mol. The standard InChI is InChI=1S/C19H21N5OS/c1-11-16(26-12(2)22-11)8-18-23-17(20)9-19(24-18)25-10-13-7-14(13)15-5-3-4-6-21-15/h3-6,9,13-14H,7-8,10H2,1-2H3,(H2,20,23,24). The van der Waals surface area contributed by atoms with Crippen LogP contribution in [0.4, 0.5) is 5.82 Å². The van der Waals surface area contributed by atoms with Gasteiger partial charge >= 0.3 is 0 Å². The zero-order valence-corrected chi connectivity index (χ0v) is 15.7. The average molecular weight is 367 g/mol. The average Bonchev–Trinajstić information content (AvgIpc) is 3.32. The van der Waals surface area contributed by atoms with Crippen LogP contribution in [0.25, 0.3) is 0 Å². The van der Waals surface area contributed by atoms with E-state index in [1.807, 2.05) is 32.2 Å². The van der Waals surface area contributed by atoms with Crippen molar-refractivity contribution < 1.29 is 4.74 Å². The van der Waals surface area contributed by atoms with E-state index in [2.05, 4.69) is 26.0 Å². The highest BCUT2D eigenvalue weighted by atomic mass is 32.1. The molecule has 0 saturated heterocycles. The van der Waals surface area contributed by atoms with Gasteiger partial charge in [-0.1, -0.05) is 6.07 Å². The van der Waals surface area contributed by atoms with Gasteiger partial charge in [0.25, 0.3) is 0 Å². The maximum atomic E-state index is 5.94. The number of rotatable bonds is 6. The summed E-state index contributed by atoms with van der Waals surface area (Å²) in [4.78, 5) is 18.9. The molecule has 7 heteroatoms. The molecule has 2 unspecified atom stereocenters. The molecular weight excluding hydrogens is 346 g/mol. The highest BCUT2D eigenvalue weighted by Gasteiger charge is 2.39. The van der Waals surface area contributed by atoms with Crippen LogP contribution in [0.5, 0.6) is 5.88 Å². The lowest BCUT2D eigenvalue weighted by atomic mass is 10.2. The fourth-order valence-electron chi connectivity index (χ4n) is 3.11. The van der Waals surface area contributed by atoms with E-state index in [1.165, 1.54) is 0 Å². The van der Waals surface area contributed by atoms with Gasteiger partial charge in [0, 0.05) is 41.1 Å². The largest absolute Gasteiger partial charge is 0.477 e. The van der Waals surface area contributed by atoms with Gasteiger partial charge < -0.3 is 10.5 Å². The third-order valence-electron chi connectivity index (χ3n) is 4.52. The number of hydrogen-bond acceptors (Lipinski definition) is 7. The second kappa shape index (κ2) is 6.99. The first-order valence-electron chi connectivity index (χ1n) is 8.68. The first-order valence-corrected chi connectivity index (χ1v) is 9.50. The van der Waals surface area contributed by atoms with Gasteiger partial charge in [0.2, 0.25) is 5.88 Å². The first kappa shape index (κ1) is 16.9. The zero-order valence-electron chi connectivity index (χ0n) is 14.8. The summed E-state index contributed by atoms with van der Waals surface area (Å²) < 4.78 is 5.91. The van der Waals surface area contributed by atoms with Crippen molar-refractivity contribution in [1.82, 2.24) is 19.9 Å². The van der Waals surface area contributed by atoms with Crippen molar-refractivity contribution in [2.45, 2.75) is 32.6 Å². The second-order valence-corrected chi connectivity index (χ2v) is 7.92. The lowest BCUT2D eigenvalue weighted by molar-refractivity contribution is 0.284. The summed E-state index contributed by atoms with van der Waals surface area (Å²) in [7, 11) is 0. The quantitative estimate of drug-likeness (QED) is 0.719. The van der Waals surface area contributed by atoms with Crippen LogP contribution < -0.4 is 10.5 Å². The third-order valence-corrected chi connectivity index (χ3v) is 5.60. The van der Waals surface area contributed by atoms with Crippen LogP contribution in [0.3, 0.4) is 0 Å². The van der Waals surface area contributed by atoms with Crippen LogP contribution in [0.1, 0.15) is 39.4 Å². The maximum absolute atomic E-state index is 5.94. The van der Waals surface area contributed by atoms with Crippen molar-refractivity contribution in [2.75, 3.05) is 12.3 Å². The Bertz CT molecular complexity index is 912. The molecule has 4 rings (SSSR count). The summed E-state index contributed by atoms with van der Waals surface area (Å²) in [6.45, 7) is 4.63. The Morgan fingerprint density at radius 1 is 1.23 bits per heavy atom. The van der Waals surface area contributed by atoms with E-state index in [9.17, 15) is 0 Å². The highest BCUT2D eigenvalue weighted by Crippen LogP contribution is 2.46. The van der Waals surface area contributed by atoms with Gasteiger partial charge in [0.1, 0.15) is 11.6 Å². The van der Waals surface area contributed by atoms with E-state index in [1.54, 1.807) is 17.4 Å². The molecule has 3 aromatic rings. The van der Waals surface area contributed by atoms with Crippen LogP contribution in [0, 0.1) is 19.8 Å². The van der Waals surface area contributed by atoms with Crippen LogP contribution >= 0.6 is 11.3 Å². The molecule has 2 atom stereocenters. The molecule has 2 N–H and O–H groups in total. The lowest BCUT2D eigenvalue weighted by Crippen LogP contribution is -2.07. The molecule has 134 valence electrons. The molecule has 1 fully saturated rings. The van der Waals surface area contributed by atoms with Gasteiger partial charge in [-0.25, -0.2) is 9.97 Å². The Balaban J connectivity index is 1.40. The van der Waals surface area contributed by atoms with Gasteiger partial charge in [-0.15, -0.1) is 11.3 Å². The minimum Gasteiger partial charge on any atom is -0.477 e. The number of nitrogens with two attached hydrogens (primary N) is 1. The number of thiazole rings is 1. The lowest BCUT2D eigenvalue weighted by Gasteiger charge is -2.08. The number of nitrogen functional groups attached to an aromatic ring is 1. The van der Waals surface area contributed by atoms with Crippen molar-refractivity contribution in [3.8, 4) is 5.88 Å². The predicted octanol–water partition coefficient (Wildman–Crippen LogP) is 3.30. The highest BCUT2D eigenvalue weighted by molar-refractivity contribution is 7.11. The Morgan fingerprint density at radius 2 is 2.12 bits per heavy atom. The number of aromatic nitrogens is 4.